The Balaban J connectivity index is 1.00. The van der Waals surface area contributed by atoms with E-state index in [4.69, 9.17) is 9.47 Å². The fourth-order valence-electron chi connectivity index (χ4n) is 9.19. The molecule has 2 heterocycles. The van der Waals surface area contributed by atoms with Gasteiger partial charge < -0.3 is 14.4 Å². The van der Waals surface area contributed by atoms with Gasteiger partial charge in [0.1, 0.15) is 23.0 Å². The topological polar surface area (TPSA) is 21.7 Å². The molecule has 0 aromatic heterocycles. The Bertz CT molecular complexity index is 2820. The van der Waals surface area contributed by atoms with Crippen LogP contribution in [0.15, 0.2) is 217 Å². The van der Waals surface area contributed by atoms with Gasteiger partial charge >= 0.3 is 0 Å². The van der Waals surface area contributed by atoms with E-state index < -0.39 is 0 Å². The summed E-state index contributed by atoms with van der Waals surface area (Å²) in [4.78, 5) is 3.64. The van der Waals surface area contributed by atoms with Crippen LogP contribution in [0.25, 0.3) is 27.8 Å². The molecule has 4 aliphatic rings. The van der Waals surface area contributed by atoms with Crippen molar-refractivity contribution in [2.24, 2.45) is 0 Å². The Morgan fingerprint density at radius 2 is 1.20 bits per heavy atom. The Labute approximate surface area is 350 Å². The van der Waals surface area contributed by atoms with Crippen LogP contribution in [0, 0.1) is 0 Å². The molecule has 11 rings (SSSR count). The molecule has 2 aliphatic heterocycles. The average Bonchev–Trinajstić information content (AvgIpc) is 3.60. The van der Waals surface area contributed by atoms with E-state index in [2.05, 4.69) is 206 Å². The van der Waals surface area contributed by atoms with E-state index in [0.29, 0.717) is 11.7 Å². The maximum Gasteiger partial charge on any atom is 0.136 e. The summed E-state index contributed by atoms with van der Waals surface area (Å²) in [6.45, 7) is 2.37. The van der Waals surface area contributed by atoms with Crippen LogP contribution in [0.3, 0.4) is 0 Å². The number of allylic oxidation sites excluding steroid dienone is 7. The van der Waals surface area contributed by atoms with Crippen molar-refractivity contribution >= 4 is 34.4 Å². The molecule has 0 spiro atoms. The molecule has 0 fully saturated rings. The van der Waals surface area contributed by atoms with Gasteiger partial charge in [-0.2, -0.15) is 0 Å². The molecule has 0 bridgehead atoms. The fraction of sp³-hybridized carbons (Fsp3) is 0.0909. The van der Waals surface area contributed by atoms with Crippen molar-refractivity contribution < 1.29 is 9.47 Å². The molecule has 2 aliphatic carbocycles. The van der Waals surface area contributed by atoms with Crippen LogP contribution < -0.4 is 14.4 Å². The van der Waals surface area contributed by atoms with Crippen LogP contribution in [0.1, 0.15) is 36.0 Å². The normalized spacial score (nSPS) is 19.5. The fourth-order valence-corrected chi connectivity index (χ4v) is 10.7. The number of fused-ring (bicyclic) bond motifs is 8. The van der Waals surface area contributed by atoms with E-state index >= 15 is 0 Å². The second-order valence-electron chi connectivity index (χ2n) is 15.8. The van der Waals surface area contributed by atoms with Gasteiger partial charge in [-0.05, 0) is 89.0 Å². The van der Waals surface area contributed by atoms with Crippen molar-refractivity contribution in [1.29, 1.82) is 0 Å². The van der Waals surface area contributed by atoms with Crippen molar-refractivity contribution in [2.75, 3.05) is 4.90 Å². The minimum absolute atomic E-state index is 0.0909. The van der Waals surface area contributed by atoms with Crippen molar-refractivity contribution in [3.8, 4) is 39.5 Å². The number of benzene rings is 7. The van der Waals surface area contributed by atoms with Crippen LogP contribution >= 0.6 is 11.8 Å². The molecule has 59 heavy (non-hydrogen) atoms. The maximum atomic E-state index is 7.12. The summed E-state index contributed by atoms with van der Waals surface area (Å²) >= 11 is 1.96. The van der Waals surface area contributed by atoms with Gasteiger partial charge in [-0.3, -0.25) is 0 Å². The summed E-state index contributed by atoms with van der Waals surface area (Å²) in [5.74, 6) is 3.46. The number of thioether (sulfide) groups is 1. The zero-order chi connectivity index (χ0) is 39.3. The minimum atomic E-state index is -0.0909. The first kappa shape index (κ1) is 35.4. The second-order valence-corrected chi connectivity index (χ2v) is 16.9. The molecule has 3 atom stereocenters. The highest BCUT2D eigenvalue weighted by molar-refractivity contribution is 8.00. The Morgan fingerprint density at radius 3 is 1.93 bits per heavy atom. The highest BCUT2D eigenvalue weighted by Gasteiger charge is 2.43. The largest absolute Gasteiger partial charge is 0.460 e. The number of hydrogen-bond donors (Lipinski definition) is 0. The Hall–Kier alpha value is -6.75. The Morgan fingerprint density at radius 1 is 0.559 bits per heavy atom. The second kappa shape index (κ2) is 14.6. The van der Waals surface area contributed by atoms with Crippen molar-refractivity contribution in [2.45, 2.75) is 34.8 Å². The number of ether oxygens (including phenoxy) is 2. The number of hydrogen-bond acceptors (Lipinski definition) is 4. The van der Waals surface area contributed by atoms with Gasteiger partial charge in [0, 0.05) is 67.2 Å². The molecular formula is C55H41NO2S. The summed E-state index contributed by atoms with van der Waals surface area (Å²) < 4.78 is 14.2. The van der Waals surface area contributed by atoms with Crippen LogP contribution in [-0.4, -0.2) is 5.25 Å². The van der Waals surface area contributed by atoms with Crippen LogP contribution in [0.4, 0.5) is 17.1 Å². The monoisotopic (exact) mass is 779 g/mol. The van der Waals surface area contributed by atoms with E-state index in [-0.39, 0.29) is 11.3 Å². The van der Waals surface area contributed by atoms with E-state index in [0.717, 1.165) is 67.9 Å². The lowest BCUT2D eigenvalue weighted by atomic mass is 9.74. The predicted molar refractivity (Wildman–Crippen MR) is 244 cm³/mol. The molecule has 0 saturated heterocycles. The molecule has 3 nitrogen and oxygen atoms in total. The smallest absolute Gasteiger partial charge is 0.136 e. The predicted octanol–water partition coefficient (Wildman–Crippen LogP) is 15.0. The highest BCUT2D eigenvalue weighted by atomic mass is 32.2. The molecule has 7 aromatic rings. The third-order valence-electron chi connectivity index (χ3n) is 12.2. The maximum absolute atomic E-state index is 7.12. The van der Waals surface area contributed by atoms with Crippen molar-refractivity contribution in [3.05, 3.63) is 229 Å². The molecule has 3 unspecified atom stereocenters. The van der Waals surface area contributed by atoms with E-state index in [1.165, 1.54) is 21.6 Å². The first-order valence-electron chi connectivity index (χ1n) is 20.4. The average molecular weight is 780 g/mol. The Kier molecular flexibility index (Phi) is 8.74. The number of para-hydroxylation sites is 4. The lowest BCUT2D eigenvalue weighted by Crippen LogP contribution is -2.28. The summed E-state index contributed by atoms with van der Waals surface area (Å²) in [5.41, 5.74) is 12.3. The molecule has 0 N–H and O–H groups in total. The van der Waals surface area contributed by atoms with Gasteiger partial charge in [0.15, 0.2) is 0 Å². The number of nitrogens with zero attached hydrogens (tertiary/aromatic N) is 1. The highest BCUT2D eigenvalue weighted by Crippen LogP contribution is 2.56. The first-order valence-corrected chi connectivity index (χ1v) is 21.3. The summed E-state index contributed by atoms with van der Waals surface area (Å²) in [5, 5.41) is 0.372. The van der Waals surface area contributed by atoms with Crippen molar-refractivity contribution in [3.63, 3.8) is 0 Å². The van der Waals surface area contributed by atoms with E-state index in [1.807, 2.05) is 23.9 Å². The third kappa shape index (κ3) is 6.23. The summed E-state index contributed by atoms with van der Waals surface area (Å²) in [6, 6.07) is 60.2. The molecule has 0 radical (unpaired) electrons. The third-order valence-corrected chi connectivity index (χ3v) is 13.7. The summed E-state index contributed by atoms with van der Waals surface area (Å²) in [6.07, 6.45) is 14.4. The first-order chi connectivity index (χ1) is 29.1. The van der Waals surface area contributed by atoms with Gasteiger partial charge in [-0.15, -0.1) is 11.8 Å². The molecule has 0 saturated carbocycles. The van der Waals surface area contributed by atoms with Crippen LogP contribution in [0.2, 0.25) is 0 Å². The number of anilines is 3. The minimum Gasteiger partial charge on any atom is -0.460 e. The quantitative estimate of drug-likeness (QED) is 0.173. The SMILES string of the molecule is CC12C=CC=CC1Sc1cccc(-c3ccc4c(c3)Oc3ccccc3-c3ccccc3OC3=C4C=CC(c4ccc(N(c5ccccc5)c5ccccc5)cc4)C3)c12. The molecule has 4 heteroatoms. The zero-order valence-corrected chi connectivity index (χ0v) is 33.5. The van der Waals surface area contributed by atoms with Gasteiger partial charge in [-0.1, -0.05) is 147 Å². The van der Waals surface area contributed by atoms with E-state index in [1.54, 1.807) is 0 Å². The lowest BCUT2D eigenvalue weighted by Gasteiger charge is -2.30. The van der Waals surface area contributed by atoms with Gasteiger partial charge in [0.2, 0.25) is 0 Å². The van der Waals surface area contributed by atoms with Crippen LogP contribution in [-0.2, 0) is 5.41 Å². The van der Waals surface area contributed by atoms with Gasteiger partial charge in [0.05, 0.1) is 0 Å². The van der Waals surface area contributed by atoms with E-state index in [9.17, 15) is 0 Å². The zero-order valence-electron chi connectivity index (χ0n) is 32.7. The van der Waals surface area contributed by atoms with Crippen molar-refractivity contribution in [1.82, 2.24) is 0 Å². The van der Waals surface area contributed by atoms with Crippen LogP contribution in [0.5, 0.6) is 17.2 Å². The van der Waals surface area contributed by atoms with Gasteiger partial charge in [-0.25, -0.2) is 0 Å². The van der Waals surface area contributed by atoms with Gasteiger partial charge in [0.25, 0.3) is 0 Å². The summed E-state index contributed by atoms with van der Waals surface area (Å²) in [7, 11) is 0. The molecule has 284 valence electrons. The molecular weight excluding hydrogens is 739 g/mol. The molecule has 7 aromatic carbocycles. The molecule has 0 amide bonds. The lowest BCUT2D eigenvalue weighted by molar-refractivity contribution is 0.398. The standard InChI is InChI=1S/C55H41NO2S/c1-55-34-13-12-25-53(55)59-52-24-14-21-43(54(52)55)39-29-33-47-46-32-28-38(37-26-30-42(31-27-37)56(40-15-4-2-5-16-40)41-17-6-3-7-18-41)35-50(46)57-48-22-10-8-19-44(48)45-20-9-11-23-49(45)58-51(47)36-39/h2-34,36,38,53H,35H2,1H3. The number of rotatable bonds is 5.